The molecule has 6 heteroatoms. The Morgan fingerprint density at radius 3 is 2.74 bits per heavy atom. The lowest BCUT2D eigenvalue weighted by Gasteiger charge is -2.28. The van der Waals surface area contributed by atoms with Crippen molar-refractivity contribution in [2.45, 2.75) is 32.2 Å². The molecule has 0 aliphatic carbocycles. The quantitative estimate of drug-likeness (QED) is 0.607. The minimum atomic E-state index is -0.163. The third-order valence-corrected chi connectivity index (χ3v) is 4.82. The second kappa shape index (κ2) is 9.90. The first kappa shape index (κ1) is 19.1. The molecule has 0 bridgehead atoms. The topological polar surface area (TPSA) is 52.6 Å². The van der Waals surface area contributed by atoms with Gasteiger partial charge < -0.3 is 15.5 Å². The van der Waals surface area contributed by atoms with E-state index in [-0.39, 0.29) is 5.82 Å². The summed E-state index contributed by atoms with van der Waals surface area (Å²) in [4.78, 5) is 11.1. The molecule has 2 heterocycles. The SMILES string of the molecule is CN=C(NCCc1ccccc1F)NCc1ccnc(N2CCCCC2)c1. The highest BCUT2D eigenvalue weighted by molar-refractivity contribution is 5.79. The minimum Gasteiger partial charge on any atom is -0.357 e. The number of nitrogens with zero attached hydrogens (tertiary/aromatic N) is 3. The Balaban J connectivity index is 1.48. The molecule has 3 rings (SSSR count). The zero-order valence-corrected chi connectivity index (χ0v) is 15.9. The van der Waals surface area contributed by atoms with Gasteiger partial charge in [0.25, 0.3) is 0 Å². The molecule has 2 aromatic rings. The minimum absolute atomic E-state index is 0.163. The Kier molecular flexibility index (Phi) is 7.02. The van der Waals surface area contributed by atoms with E-state index in [2.05, 4.69) is 31.6 Å². The lowest BCUT2D eigenvalue weighted by atomic mass is 10.1. The van der Waals surface area contributed by atoms with Crippen LogP contribution < -0.4 is 15.5 Å². The summed E-state index contributed by atoms with van der Waals surface area (Å²) in [6.45, 7) is 3.46. The summed E-state index contributed by atoms with van der Waals surface area (Å²) in [6.07, 6.45) is 6.27. The molecule has 0 saturated carbocycles. The van der Waals surface area contributed by atoms with Crippen molar-refractivity contribution in [2.24, 2.45) is 4.99 Å². The van der Waals surface area contributed by atoms with Gasteiger partial charge in [-0.1, -0.05) is 18.2 Å². The number of rotatable bonds is 6. The van der Waals surface area contributed by atoms with Gasteiger partial charge in [-0.15, -0.1) is 0 Å². The van der Waals surface area contributed by atoms with E-state index in [9.17, 15) is 4.39 Å². The Labute approximate surface area is 160 Å². The zero-order chi connectivity index (χ0) is 18.9. The second-order valence-corrected chi connectivity index (χ2v) is 6.76. The maximum absolute atomic E-state index is 13.7. The van der Waals surface area contributed by atoms with E-state index < -0.39 is 0 Å². The molecule has 1 saturated heterocycles. The van der Waals surface area contributed by atoms with Gasteiger partial charge in [0, 0.05) is 39.4 Å². The normalized spacial score (nSPS) is 14.9. The molecule has 1 fully saturated rings. The number of piperidine rings is 1. The standard InChI is InChI=1S/C21H28FN5/c1-23-21(25-12-10-18-7-3-4-8-19(18)22)26-16-17-9-11-24-20(15-17)27-13-5-2-6-14-27/h3-4,7-9,11,15H,2,5-6,10,12-14,16H2,1H3,(H2,23,25,26). The van der Waals surface area contributed by atoms with E-state index in [1.165, 1.54) is 30.9 Å². The smallest absolute Gasteiger partial charge is 0.191 e. The molecule has 144 valence electrons. The molecule has 1 aromatic carbocycles. The van der Waals surface area contributed by atoms with E-state index in [1.807, 2.05) is 24.4 Å². The molecule has 5 nitrogen and oxygen atoms in total. The molecule has 27 heavy (non-hydrogen) atoms. The predicted molar refractivity (Wildman–Crippen MR) is 109 cm³/mol. The molecule has 0 atom stereocenters. The van der Waals surface area contributed by atoms with Crippen LogP contribution >= 0.6 is 0 Å². The number of nitrogens with one attached hydrogen (secondary N) is 2. The van der Waals surface area contributed by atoms with Crippen molar-refractivity contribution in [3.05, 3.63) is 59.5 Å². The van der Waals surface area contributed by atoms with Crippen LogP contribution in [0.3, 0.4) is 0 Å². The van der Waals surface area contributed by atoms with Crippen molar-refractivity contribution in [1.29, 1.82) is 0 Å². The number of benzene rings is 1. The van der Waals surface area contributed by atoms with Gasteiger partial charge in [0.2, 0.25) is 0 Å². The maximum atomic E-state index is 13.7. The van der Waals surface area contributed by atoms with E-state index >= 15 is 0 Å². The summed E-state index contributed by atoms with van der Waals surface area (Å²) in [7, 11) is 1.74. The summed E-state index contributed by atoms with van der Waals surface area (Å²) in [5, 5.41) is 6.56. The van der Waals surface area contributed by atoms with Gasteiger partial charge in [0.15, 0.2) is 5.96 Å². The maximum Gasteiger partial charge on any atom is 0.191 e. The van der Waals surface area contributed by atoms with Crippen LogP contribution in [0.2, 0.25) is 0 Å². The van der Waals surface area contributed by atoms with Crippen molar-refractivity contribution in [3.63, 3.8) is 0 Å². The van der Waals surface area contributed by atoms with Gasteiger partial charge in [0.1, 0.15) is 11.6 Å². The Morgan fingerprint density at radius 1 is 1.15 bits per heavy atom. The highest BCUT2D eigenvalue weighted by Crippen LogP contribution is 2.18. The molecule has 1 aliphatic rings. The van der Waals surface area contributed by atoms with E-state index in [1.54, 1.807) is 13.1 Å². The van der Waals surface area contributed by atoms with Crippen molar-refractivity contribution in [1.82, 2.24) is 15.6 Å². The first-order chi connectivity index (χ1) is 13.3. The second-order valence-electron chi connectivity index (χ2n) is 6.76. The van der Waals surface area contributed by atoms with Gasteiger partial charge in [-0.05, 0) is 55.0 Å². The number of pyridine rings is 1. The van der Waals surface area contributed by atoms with E-state index in [0.717, 1.165) is 18.9 Å². The van der Waals surface area contributed by atoms with Crippen LogP contribution in [0, 0.1) is 5.82 Å². The summed E-state index contributed by atoms with van der Waals surface area (Å²) < 4.78 is 13.7. The monoisotopic (exact) mass is 369 g/mol. The van der Waals surface area contributed by atoms with Crippen LogP contribution in [-0.4, -0.2) is 37.6 Å². The molecule has 0 unspecified atom stereocenters. The molecule has 2 N–H and O–H groups in total. The van der Waals surface area contributed by atoms with Gasteiger partial charge in [-0.2, -0.15) is 0 Å². The van der Waals surface area contributed by atoms with Crippen LogP contribution in [0.15, 0.2) is 47.6 Å². The highest BCUT2D eigenvalue weighted by Gasteiger charge is 2.12. The Hall–Kier alpha value is -2.63. The third kappa shape index (κ3) is 5.67. The molecule has 0 spiro atoms. The highest BCUT2D eigenvalue weighted by atomic mass is 19.1. The van der Waals surface area contributed by atoms with E-state index in [4.69, 9.17) is 0 Å². The average Bonchev–Trinajstić information content (AvgIpc) is 2.72. The molecule has 0 amide bonds. The average molecular weight is 369 g/mol. The van der Waals surface area contributed by atoms with Crippen molar-refractivity contribution in [3.8, 4) is 0 Å². The lowest BCUT2D eigenvalue weighted by molar-refractivity contribution is 0.573. The number of anilines is 1. The number of hydrogen-bond donors (Lipinski definition) is 2. The van der Waals surface area contributed by atoms with Gasteiger partial charge in [-0.25, -0.2) is 9.37 Å². The summed E-state index contributed by atoms with van der Waals surface area (Å²) in [5.41, 5.74) is 1.88. The fraction of sp³-hybridized carbons (Fsp3) is 0.429. The summed E-state index contributed by atoms with van der Waals surface area (Å²) in [6, 6.07) is 11.0. The fourth-order valence-corrected chi connectivity index (χ4v) is 3.29. The molecular formula is C21H28FN5. The zero-order valence-electron chi connectivity index (χ0n) is 15.9. The third-order valence-electron chi connectivity index (χ3n) is 4.82. The Morgan fingerprint density at radius 2 is 1.96 bits per heavy atom. The van der Waals surface area contributed by atoms with Gasteiger partial charge in [-0.3, -0.25) is 4.99 Å². The number of guanidine groups is 1. The summed E-state index contributed by atoms with van der Waals surface area (Å²) >= 11 is 0. The van der Waals surface area contributed by atoms with Crippen LogP contribution in [0.1, 0.15) is 30.4 Å². The number of halogens is 1. The Bertz CT molecular complexity index is 756. The lowest BCUT2D eigenvalue weighted by Crippen LogP contribution is -2.38. The predicted octanol–water partition coefficient (Wildman–Crippen LogP) is 3.12. The number of aromatic nitrogens is 1. The fourth-order valence-electron chi connectivity index (χ4n) is 3.29. The largest absolute Gasteiger partial charge is 0.357 e. The number of hydrogen-bond acceptors (Lipinski definition) is 3. The molecule has 1 aliphatic heterocycles. The van der Waals surface area contributed by atoms with Gasteiger partial charge >= 0.3 is 0 Å². The van der Waals surface area contributed by atoms with Crippen molar-refractivity contribution < 1.29 is 4.39 Å². The molecular weight excluding hydrogens is 341 g/mol. The van der Waals surface area contributed by atoms with E-state index in [0.29, 0.717) is 31.0 Å². The van der Waals surface area contributed by atoms with Crippen molar-refractivity contribution in [2.75, 3.05) is 31.6 Å². The molecule has 1 aromatic heterocycles. The van der Waals surface area contributed by atoms with Crippen LogP contribution in [0.4, 0.5) is 10.2 Å². The van der Waals surface area contributed by atoms with Crippen LogP contribution in [0.25, 0.3) is 0 Å². The summed E-state index contributed by atoms with van der Waals surface area (Å²) in [5.74, 6) is 1.60. The van der Waals surface area contributed by atoms with Crippen LogP contribution in [-0.2, 0) is 13.0 Å². The van der Waals surface area contributed by atoms with Crippen molar-refractivity contribution >= 4 is 11.8 Å². The first-order valence-corrected chi connectivity index (χ1v) is 9.64. The van der Waals surface area contributed by atoms with Gasteiger partial charge in [0.05, 0.1) is 0 Å². The number of aliphatic imine (C=N–C) groups is 1. The molecule has 0 radical (unpaired) electrons. The first-order valence-electron chi connectivity index (χ1n) is 9.64. The van der Waals surface area contributed by atoms with Crippen LogP contribution in [0.5, 0.6) is 0 Å².